The van der Waals surface area contributed by atoms with Gasteiger partial charge in [0.25, 0.3) is 0 Å². The van der Waals surface area contributed by atoms with Crippen LogP contribution in [0.2, 0.25) is 0 Å². The molecular formula is C16H15NO4. The standard InChI is InChI=1S/C16H15NO4/c18-11-4-2-1-3-8(11)14(19)10-6-7-5-9(10)13-12(7)15(20)17-16(13)21/h1-4,7,9-10,12-13,18H,5-6H2,(H,17,20,21)/t7-,9-,10+,12?,13?/m0/s1. The van der Waals surface area contributed by atoms with E-state index in [9.17, 15) is 19.5 Å². The number of Topliss-reactive ketones (excluding diaryl/α,β-unsaturated/α-hetero) is 1. The van der Waals surface area contributed by atoms with Gasteiger partial charge < -0.3 is 5.11 Å². The van der Waals surface area contributed by atoms with Gasteiger partial charge in [-0.05, 0) is 36.8 Å². The van der Waals surface area contributed by atoms with Crippen LogP contribution in [0.25, 0.3) is 0 Å². The van der Waals surface area contributed by atoms with Gasteiger partial charge in [-0.3, -0.25) is 19.7 Å². The summed E-state index contributed by atoms with van der Waals surface area (Å²) in [6, 6.07) is 6.50. The van der Waals surface area contributed by atoms with Crippen LogP contribution in [0, 0.1) is 29.6 Å². The molecule has 1 aromatic rings. The Balaban J connectivity index is 1.65. The van der Waals surface area contributed by atoms with Crippen LogP contribution in [0.15, 0.2) is 24.3 Å². The lowest BCUT2D eigenvalue weighted by Crippen LogP contribution is -2.34. The number of carbonyl (C=O) groups excluding carboxylic acids is 3. The summed E-state index contributed by atoms with van der Waals surface area (Å²) in [5.74, 6) is -1.34. The molecule has 5 nitrogen and oxygen atoms in total. The first-order chi connectivity index (χ1) is 10.1. The number of para-hydroxylation sites is 1. The average molecular weight is 285 g/mol. The molecule has 1 saturated heterocycles. The molecular weight excluding hydrogens is 270 g/mol. The minimum Gasteiger partial charge on any atom is -0.507 e. The fraction of sp³-hybridized carbons (Fsp3) is 0.438. The van der Waals surface area contributed by atoms with Crippen molar-refractivity contribution in [1.29, 1.82) is 0 Å². The Bertz CT molecular complexity index is 668. The summed E-state index contributed by atoms with van der Waals surface area (Å²) in [5, 5.41) is 12.2. The minimum absolute atomic E-state index is 0.0197. The highest BCUT2D eigenvalue weighted by Crippen LogP contribution is 2.57. The summed E-state index contributed by atoms with van der Waals surface area (Å²) < 4.78 is 0. The lowest BCUT2D eigenvalue weighted by molar-refractivity contribution is -0.126. The molecule has 2 N–H and O–H groups in total. The number of aromatic hydroxyl groups is 1. The van der Waals surface area contributed by atoms with Crippen LogP contribution in [0.5, 0.6) is 5.75 Å². The number of ketones is 1. The van der Waals surface area contributed by atoms with Gasteiger partial charge in [-0.15, -0.1) is 0 Å². The van der Waals surface area contributed by atoms with E-state index < -0.39 is 0 Å². The van der Waals surface area contributed by atoms with Crippen molar-refractivity contribution in [3.05, 3.63) is 29.8 Å². The number of imide groups is 1. The monoisotopic (exact) mass is 285 g/mol. The third-order valence-corrected chi connectivity index (χ3v) is 5.36. The minimum atomic E-state index is -0.351. The van der Waals surface area contributed by atoms with Gasteiger partial charge in [-0.25, -0.2) is 0 Å². The molecule has 3 fully saturated rings. The Labute approximate surface area is 121 Å². The molecule has 0 radical (unpaired) electrons. The van der Waals surface area contributed by atoms with E-state index in [-0.39, 0.29) is 52.9 Å². The Morgan fingerprint density at radius 2 is 1.81 bits per heavy atom. The lowest BCUT2D eigenvalue weighted by atomic mass is 9.72. The highest BCUT2D eigenvalue weighted by atomic mass is 16.3. The van der Waals surface area contributed by atoms with E-state index in [1.165, 1.54) is 6.07 Å². The van der Waals surface area contributed by atoms with E-state index in [4.69, 9.17) is 0 Å². The van der Waals surface area contributed by atoms with Gasteiger partial charge in [-0.2, -0.15) is 0 Å². The number of rotatable bonds is 2. The zero-order valence-electron chi connectivity index (χ0n) is 11.3. The second-order valence-corrected chi connectivity index (χ2v) is 6.29. The van der Waals surface area contributed by atoms with Crippen LogP contribution in [-0.4, -0.2) is 22.7 Å². The van der Waals surface area contributed by atoms with Crippen LogP contribution in [-0.2, 0) is 9.59 Å². The van der Waals surface area contributed by atoms with Crippen molar-refractivity contribution >= 4 is 17.6 Å². The Kier molecular flexibility index (Phi) is 2.49. The number of benzene rings is 1. The van der Waals surface area contributed by atoms with Crippen LogP contribution in [0.3, 0.4) is 0 Å². The molecule has 2 bridgehead atoms. The molecule has 108 valence electrons. The molecule has 5 atom stereocenters. The zero-order chi connectivity index (χ0) is 14.7. The number of carbonyl (C=O) groups is 3. The van der Waals surface area contributed by atoms with Gasteiger partial charge in [0.1, 0.15) is 5.75 Å². The molecule has 0 spiro atoms. The lowest BCUT2D eigenvalue weighted by Gasteiger charge is -2.27. The molecule has 1 heterocycles. The molecule has 0 aromatic heterocycles. The van der Waals surface area contributed by atoms with Gasteiger partial charge in [-0.1, -0.05) is 12.1 Å². The molecule has 1 aliphatic heterocycles. The summed E-state index contributed by atoms with van der Waals surface area (Å²) in [5.41, 5.74) is 0.316. The van der Waals surface area contributed by atoms with Crippen molar-refractivity contribution in [2.24, 2.45) is 29.6 Å². The van der Waals surface area contributed by atoms with Gasteiger partial charge in [0, 0.05) is 5.92 Å². The maximum Gasteiger partial charge on any atom is 0.230 e. The number of phenols is 1. The van der Waals surface area contributed by atoms with E-state index >= 15 is 0 Å². The highest BCUT2D eigenvalue weighted by Gasteiger charge is 2.62. The summed E-state index contributed by atoms with van der Waals surface area (Å²) in [7, 11) is 0. The quantitative estimate of drug-likeness (QED) is 0.630. The Morgan fingerprint density at radius 3 is 2.57 bits per heavy atom. The van der Waals surface area contributed by atoms with Crippen molar-refractivity contribution in [1.82, 2.24) is 5.32 Å². The summed E-state index contributed by atoms with van der Waals surface area (Å²) in [4.78, 5) is 36.4. The molecule has 5 heteroatoms. The second kappa shape index (κ2) is 4.16. The number of hydrogen-bond acceptors (Lipinski definition) is 4. The zero-order valence-corrected chi connectivity index (χ0v) is 11.3. The number of fused-ring (bicyclic) bond motifs is 5. The number of phenolic OH excluding ortho intramolecular Hbond substituents is 1. The van der Waals surface area contributed by atoms with Crippen LogP contribution in [0.1, 0.15) is 23.2 Å². The summed E-state index contributed by atoms with van der Waals surface area (Å²) >= 11 is 0. The summed E-state index contributed by atoms with van der Waals surface area (Å²) in [6.45, 7) is 0. The van der Waals surface area contributed by atoms with E-state index in [2.05, 4.69) is 5.32 Å². The van der Waals surface area contributed by atoms with E-state index in [0.717, 1.165) is 6.42 Å². The Hall–Kier alpha value is -2.17. The highest BCUT2D eigenvalue weighted by molar-refractivity contribution is 6.07. The molecule has 21 heavy (non-hydrogen) atoms. The largest absolute Gasteiger partial charge is 0.507 e. The molecule has 3 aliphatic rings. The number of hydrogen-bond donors (Lipinski definition) is 2. The maximum atomic E-state index is 12.7. The van der Waals surface area contributed by atoms with E-state index in [1.54, 1.807) is 18.2 Å². The van der Waals surface area contributed by atoms with E-state index in [0.29, 0.717) is 12.0 Å². The smallest absolute Gasteiger partial charge is 0.230 e. The van der Waals surface area contributed by atoms with Gasteiger partial charge in [0.15, 0.2) is 5.78 Å². The van der Waals surface area contributed by atoms with Crippen molar-refractivity contribution in [3.63, 3.8) is 0 Å². The predicted octanol–water partition coefficient (Wildman–Crippen LogP) is 1.12. The average Bonchev–Trinajstić information content (AvgIpc) is 3.11. The fourth-order valence-corrected chi connectivity index (χ4v) is 4.57. The first-order valence-electron chi connectivity index (χ1n) is 7.25. The molecule has 2 saturated carbocycles. The Morgan fingerprint density at radius 1 is 1.10 bits per heavy atom. The first-order valence-corrected chi connectivity index (χ1v) is 7.25. The van der Waals surface area contributed by atoms with E-state index in [1.807, 2.05) is 0 Å². The number of amides is 2. The van der Waals surface area contributed by atoms with Crippen molar-refractivity contribution in [2.45, 2.75) is 12.8 Å². The molecule has 2 unspecified atom stereocenters. The fourth-order valence-electron chi connectivity index (χ4n) is 4.57. The molecule has 2 amide bonds. The maximum absolute atomic E-state index is 12.7. The molecule has 1 aromatic carbocycles. The second-order valence-electron chi connectivity index (χ2n) is 6.29. The predicted molar refractivity (Wildman–Crippen MR) is 72.3 cm³/mol. The SMILES string of the molecule is O=C1NC(=O)C2C1[C@H]1C[C@H]2[C@H](C(=O)c2ccccc2O)C1. The third kappa shape index (κ3) is 1.60. The van der Waals surface area contributed by atoms with Crippen molar-refractivity contribution < 1.29 is 19.5 Å². The van der Waals surface area contributed by atoms with Gasteiger partial charge in [0.05, 0.1) is 17.4 Å². The third-order valence-electron chi connectivity index (χ3n) is 5.36. The van der Waals surface area contributed by atoms with Gasteiger partial charge >= 0.3 is 0 Å². The van der Waals surface area contributed by atoms with Gasteiger partial charge in [0.2, 0.25) is 11.8 Å². The van der Waals surface area contributed by atoms with Crippen LogP contribution >= 0.6 is 0 Å². The van der Waals surface area contributed by atoms with Crippen molar-refractivity contribution in [2.75, 3.05) is 0 Å². The normalized spacial score (nSPS) is 36.7. The molecule has 2 aliphatic carbocycles. The van der Waals surface area contributed by atoms with Crippen molar-refractivity contribution in [3.8, 4) is 5.75 Å². The van der Waals surface area contributed by atoms with Crippen LogP contribution < -0.4 is 5.32 Å². The topological polar surface area (TPSA) is 83.5 Å². The van der Waals surface area contributed by atoms with Crippen LogP contribution in [0.4, 0.5) is 0 Å². The summed E-state index contributed by atoms with van der Waals surface area (Å²) in [6.07, 6.45) is 1.40. The first kappa shape index (κ1) is 12.6. The molecule has 4 rings (SSSR count). The number of nitrogens with one attached hydrogen (secondary N) is 1.